The van der Waals surface area contributed by atoms with Crippen molar-refractivity contribution >= 4 is 0 Å². The molecule has 0 fully saturated rings. The van der Waals surface area contributed by atoms with Crippen molar-refractivity contribution in [2.45, 2.75) is 0 Å². The van der Waals surface area contributed by atoms with Gasteiger partial charge >= 0.3 is 0 Å². The van der Waals surface area contributed by atoms with E-state index < -0.39 is 0 Å². The number of benzene rings is 2. The fraction of sp³-hybridized carbons (Fsp3) is 0. The summed E-state index contributed by atoms with van der Waals surface area (Å²) in [6.45, 7) is 0. The largest absolute Gasteiger partial charge is 0.507 e. The minimum absolute atomic E-state index is 0.219. The molecular weight excluding hydrogens is 226 g/mol. The zero-order chi connectivity index (χ0) is 12.4. The number of para-hydroxylation sites is 2. The van der Waals surface area contributed by atoms with Crippen molar-refractivity contribution in [3.8, 4) is 22.7 Å². The van der Waals surface area contributed by atoms with E-state index in [-0.39, 0.29) is 5.75 Å². The Hall–Kier alpha value is -2.62. The molecule has 0 spiro atoms. The van der Waals surface area contributed by atoms with Gasteiger partial charge in [-0.25, -0.2) is 4.68 Å². The van der Waals surface area contributed by atoms with Gasteiger partial charge in [-0.2, -0.15) is 0 Å². The molecule has 0 aliphatic rings. The molecule has 2 aromatic carbocycles. The number of phenolic OH excluding ortho intramolecular Hbond substituents is 1. The molecule has 0 unspecified atom stereocenters. The molecule has 4 heteroatoms. The molecule has 4 nitrogen and oxygen atoms in total. The summed E-state index contributed by atoms with van der Waals surface area (Å²) in [5.41, 5.74) is 2.39. The molecule has 18 heavy (non-hydrogen) atoms. The Bertz CT molecular complexity index is 662. The Labute approximate surface area is 104 Å². The zero-order valence-electron chi connectivity index (χ0n) is 9.56. The summed E-state index contributed by atoms with van der Waals surface area (Å²) in [5.74, 6) is 0.219. The van der Waals surface area contributed by atoms with Gasteiger partial charge in [0.15, 0.2) is 0 Å². The van der Waals surface area contributed by atoms with E-state index in [0.717, 1.165) is 11.4 Å². The van der Waals surface area contributed by atoms with E-state index in [1.54, 1.807) is 23.0 Å². The second-order valence-corrected chi connectivity index (χ2v) is 3.88. The number of aromatic nitrogens is 3. The minimum atomic E-state index is 0.219. The highest BCUT2D eigenvalue weighted by atomic mass is 16.3. The van der Waals surface area contributed by atoms with Crippen LogP contribution in [0.5, 0.6) is 5.75 Å². The fourth-order valence-corrected chi connectivity index (χ4v) is 1.87. The average molecular weight is 237 g/mol. The Kier molecular flexibility index (Phi) is 2.53. The molecule has 0 saturated heterocycles. The maximum Gasteiger partial charge on any atom is 0.125 e. The Morgan fingerprint density at radius 1 is 0.889 bits per heavy atom. The number of hydrogen-bond acceptors (Lipinski definition) is 3. The lowest BCUT2D eigenvalue weighted by Gasteiger charge is -2.07. The Balaban J connectivity index is 2.16. The number of hydrogen-bond donors (Lipinski definition) is 1. The van der Waals surface area contributed by atoms with Crippen molar-refractivity contribution in [1.82, 2.24) is 15.0 Å². The van der Waals surface area contributed by atoms with Gasteiger partial charge in [0, 0.05) is 5.56 Å². The molecular formula is C14H11N3O. The van der Waals surface area contributed by atoms with Crippen LogP contribution in [0.25, 0.3) is 16.9 Å². The number of nitrogens with zero attached hydrogens (tertiary/aromatic N) is 3. The molecule has 0 bridgehead atoms. The number of rotatable bonds is 2. The van der Waals surface area contributed by atoms with Gasteiger partial charge < -0.3 is 5.11 Å². The SMILES string of the molecule is Oc1ccccc1-c1cnnn1-c1ccccc1. The first-order valence-electron chi connectivity index (χ1n) is 5.61. The molecule has 1 heterocycles. The zero-order valence-corrected chi connectivity index (χ0v) is 9.56. The summed E-state index contributed by atoms with van der Waals surface area (Å²) in [4.78, 5) is 0. The molecule has 3 aromatic rings. The molecule has 0 atom stereocenters. The van der Waals surface area contributed by atoms with E-state index in [9.17, 15) is 5.11 Å². The van der Waals surface area contributed by atoms with Crippen LogP contribution in [-0.2, 0) is 0 Å². The van der Waals surface area contributed by atoms with Crippen molar-refractivity contribution in [3.63, 3.8) is 0 Å². The average Bonchev–Trinajstić information content (AvgIpc) is 2.89. The van der Waals surface area contributed by atoms with E-state index >= 15 is 0 Å². The summed E-state index contributed by atoms with van der Waals surface area (Å²) < 4.78 is 1.70. The third kappa shape index (κ3) is 1.73. The molecule has 0 saturated carbocycles. The topological polar surface area (TPSA) is 50.9 Å². The van der Waals surface area contributed by atoms with Gasteiger partial charge in [0.05, 0.1) is 17.6 Å². The van der Waals surface area contributed by atoms with E-state index in [1.807, 2.05) is 42.5 Å². The molecule has 0 aliphatic heterocycles. The predicted molar refractivity (Wildman–Crippen MR) is 68.5 cm³/mol. The number of aromatic hydroxyl groups is 1. The molecule has 0 radical (unpaired) electrons. The van der Waals surface area contributed by atoms with Crippen LogP contribution in [0.1, 0.15) is 0 Å². The first kappa shape index (κ1) is 10.5. The lowest BCUT2D eigenvalue weighted by molar-refractivity contribution is 0.477. The molecule has 88 valence electrons. The second-order valence-electron chi connectivity index (χ2n) is 3.88. The van der Waals surface area contributed by atoms with Crippen molar-refractivity contribution < 1.29 is 5.11 Å². The van der Waals surface area contributed by atoms with Gasteiger partial charge in [-0.3, -0.25) is 0 Å². The normalized spacial score (nSPS) is 10.4. The first-order chi connectivity index (χ1) is 8.86. The standard InChI is InChI=1S/C14H11N3O/c18-14-9-5-4-8-12(14)13-10-15-16-17(13)11-6-2-1-3-7-11/h1-10,18H. The lowest BCUT2D eigenvalue weighted by Crippen LogP contribution is -1.98. The van der Waals surface area contributed by atoms with Crippen molar-refractivity contribution in [2.24, 2.45) is 0 Å². The number of phenols is 1. The summed E-state index contributed by atoms with van der Waals surface area (Å²) in [6.07, 6.45) is 1.64. The summed E-state index contributed by atoms with van der Waals surface area (Å²) in [5, 5.41) is 17.9. The van der Waals surface area contributed by atoms with Gasteiger partial charge in [0.1, 0.15) is 5.75 Å². The van der Waals surface area contributed by atoms with Crippen LogP contribution >= 0.6 is 0 Å². The minimum Gasteiger partial charge on any atom is -0.507 e. The molecule has 1 N–H and O–H groups in total. The van der Waals surface area contributed by atoms with Crippen LogP contribution in [0.4, 0.5) is 0 Å². The quantitative estimate of drug-likeness (QED) is 0.745. The molecule has 3 rings (SSSR count). The van der Waals surface area contributed by atoms with Crippen molar-refractivity contribution in [1.29, 1.82) is 0 Å². The lowest BCUT2D eigenvalue weighted by atomic mass is 10.1. The van der Waals surface area contributed by atoms with Gasteiger partial charge in [0.2, 0.25) is 0 Å². The van der Waals surface area contributed by atoms with E-state index in [2.05, 4.69) is 10.3 Å². The van der Waals surface area contributed by atoms with Crippen LogP contribution in [0.15, 0.2) is 60.8 Å². The molecule has 0 amide bonds. The van der Waals surface area contributed by atoms with E-state index in [0.29, 0.717) is 5.56 Å². The molecule has 1 aromatic heterocycles. The monoisotopic (exact) mass is 237 g/mol. The van der Waals surface area contributed by atoms with E-state index in [4.69, 9.17) is 0 Å². The van der Waals surface area contributed by atoms with Crippen LogP contribution in [-0.4, -0.2) is 20.1 Å². The third-order valence-electron chi connectivity index (χ3n) is 2.73. The van der Waals surface area contributed by atoms with Gasteiger partial charge in [-0.1, -0.05) is 35.5 Å². The highest BCUT2D eigenvalue weighted by molar-refractivity contribution is 5.67. The van der Waals surface area contributed by atoms with Gasteiger partial charge in [0.25, 0.3) is 0 Å². The smallest absolute Gasteiger partial charge is 0.125 e. The molecule has 0 aliphatic carbocycles. The van der Waals surface area contributed by atoms with Gasteiger partial charge in [-0.15, -0.1) is 5.10 Å². The maximum atomic E-state index is 9.88. The van der Waals surface area contributed by atoms with Crippen LogP contribution < -0.4 is 0 Å². The van der Waals surface area contributed by atoms with Crippen LogP contribution in [0.3, 0.4) is 0 Å². The fourth-order valence-electron chi connectivity index (χ4n) is 1.87. The first-order valence-corrected chi connectivity index (χ1v) is 5.61. The highest BCUT2D eigenvalue weighted by Crippen LogP contribution is 2.29. The highest BCUT2D eigenvalue weighted by Gasteiger charge is 2.11. The maximum absolute atomic E-state index is 9.88. The summed E-state index contributed by atoms with van der Waals surface area (Å²) in [6, 6.07) is 16.9. The Morgan fingerprint density at radius 2 is 1.61 bits per heavy atom. The summed E-state index contributed by atoms with van der Waals surface area (Å²) >= 11 is 0. The van der Waals surface area contributed by atoms with Crippen molar-refractivity contribution in [3.05, 3.63) is 60.8 Å². The third-order valence-corrected chi connectivity index (χ3v) is 2.73. The van der Waals surface area contributed by atoms with Crippen LogP contribution in [0.2, 0.25) is 0 Å². The summed E-state index contributed by atoms with van der Waals surface area (Å²) in [7, 11) is 0. The van der Waals surface area contributed by atoms with Gasteiger partial charge in [-0.05, 0) is 24.3 Å². The Morgan fingerprint density at radius 3 is 2.39 bits per heavy atom. The van der Waals surface area contributed by atoms with E-state index in [1.165, 1.54) is 0 Å². The van der Waals surface area contributed by atoms with Crippen molar-refractivity contribution in [2.75, 3.05) is 0 Å². The van der Waals surface area contributed by atoms with Crippen LogP contribution in [0, 0.1) is 0 Å². The second kappa shape index (κ2) is 4.33. The predicted octanol–water partition coefficient (Wildman–Crippen LogP) is 2.64.